The summed E-state index contributed by atoms with van der Waals surface area (Å²) in [5, 5.41) is 3.49. The quantitative estimate of drug-likeness (QED) is 0.805. The lowest BCUT2D eigenvalue weighted by Gasteiger charge is -2.28. The molecule has 2 nitrogen and oxygen atoms in total. The highest BCUT2D eigenvalue weighted by Crippen LogP contribution is 2.37. The monoisotopic (exact) mass is 283 g/mol. The molecule has 1 N–H and O–H groups in total. The van der Waals surface area contributed by atoms with Gasteiger partial charge < -0.3 is 10.1 Å². The van der Waals surface area contributed by atoms with E-state index in [2.05, 4.69) is 60.8 Å². The van der Waals surface area contributed by atoms with Crippen LogP contribution in [0.3, 0.4) is 0 Å². The van der Waals surface area contributed by atoms with Crippen LogP contribution in [0.5, 0.6) is 5.75 Å². The Morgan fingerprint density at radius 3 is 2.24 bits per heavy atom. The van der Waals surface area contributed by atoms with Crippen LogP contribution in [0.2, 0.25) is 0 Å². The molecular formula is C19H25NO. The Bertz CT molecular complexity index is 538. The highest BCUT2D eigenvalue weighted by Gasteiger charge is 2.24. The predicted octanol–water partition coefficient (Wildman–Crippen LogP) is 4.54. The number of hydrogen-bond donors (Lipinski definition) is 1. The first kappa shape index (κ1) is 15.6. The van der Waals surface area contributed by atoms with Gasteiger partial charge in [-0.3, -0.25) is 0 Å². The zero-order valence-electron chi connectivity index (χ0n) is 13.2. The van der Waals surface area contributed by atoms with E-state index < -0.39 is 0 Å². The average molecular weight is 283 g/mol. The first-order valence-electron chi connectivity index (χ1n) is 7.75. The maximum Gasteiger partial charge on any atom is 0.124 e. The Balaban J connectivity index is 2.38. The normalized spacial score (nSPS) is 13.7. The summed E-state index contributed by atoms with van der Waals surface area (Å²) in [4.78, 5) is 0. The molecule has 2 unspecified atom stereocenters. The van der Waals surface area contributed by atoms with Gasteiger partial charge >= 0.3 is 0 Å². The Hall–Kier alpha value is -1.80. The van der Waals surface area contributed by atoms with E-state index in [9.17, 15) is 0 Å². The molecule has 0 fully saturated rings. The maximum atomic E-state index is 5.81. The van der Waals surface area contributed by atoms with Crippen LogP contribution in [0.1, 0.15) is 43.4 Å². The average Bonchev–Trinajstić information content (AvgIpc) is 2.54. The predicted molar refractivity (Wildman–Crippen MR) is 88.9 cm³/mol. The van der Waals surface area contributed by atoms with E-state index in [0.717, 1.165) is 12.2 Å². The maximum absolute atomic E-state index is 5.81. The molecule has 112 valence electrons. The van der Waals surface area contributed by atoms with Crippen LogP contribution in [0.25, 0.3) is 0 Å². The summed E-state index contributed by atoms with van der Waals surface area (Å²) in [7, 11) is 2.03. The molecule has 2 aromatic rings. The third-order valence-corrected chi connectivity index (χ3v) is 3.93. The van der Waals surface area contributed by atoms with E-state index in [0.29, 0.717) is 12.5 Å². The summed E-state index contributed by atoms with van der Waals surface area (Å²) in [6.45, 7) is 4.96. The third kappa shape index (κ3) is 3.64. The fourth-order valence-electron chi connectivity index (χ4n) is 2.96. The second-order valence-corrected chi connectivity index (χ2v) is 5.16. The first-order valence-corrected chi connectivity index (χ1v) is 7.75. The second kappa shape index (κ2) is 7.84. The fraction of sp³-hybridized carbons (Fsp3) is 0.368. The minimum atomic E-state index is 0.250. The molecule has 0 spiro atoms. The smallest absolute Gasteiger partial charge is 0.124 e. The van der Waals surface area contributed by atoms with Crippen LogP contribution in [0.15, 0.2) is 54.6 Å². The van der Waals surface area contributed by atoms with Crippen molar-refractivity contribution < 1.29 is 4.74 Å². The van der Waals surface area contributed by atoms with Crippen molar-refractivity contribution >= 4 is 0 Å². The third-order valence-electron chi connectivity index (χ3n) is 3.93. The van der Waals surface area contributed by atoms with Crippen molar-refractivity contribution in [1.29, 1.82) is 0 Å². The van der Waals surface area contributed by atoms with Gasteiger partial charge in [-0.15, -0.1) is 0 Å². The molecule has 21 heavy (non-hydrogen) atoms. The number of likely N-dealkylation sites (N-methyl/N-ethyl adjacent to an activating group) is 1. The van der Waals surface area contributed by atoms with E-state index in [1.54, 1.807) is 0 Å². The molecule has 0 aliphatic carbocycles. The van der Waals surface area contributed by atoms with Crippen molar-refractivity contribution in [2.45, 2.75) is 32.2 Å². The molecular weight excluding hydrogens is 258 g/mol. The number of benzene rings is 2. The van der Waals surface area contributed by atoms with Crippen molar-refractivity contribution in [3.63, 3.8) is 0 Å². The number of nitrogens with one attached hydrogen (secondary N) is 1. The SMILES string of the molecule is CCOc1ccccc1C(NC)C(CC)c1ccccc1. The van der Waals surface area contributed by atoms with Crippen LogP contribution in [0, 0.1) is 0 Å². The van der Waals surface area contributed by atoms with Crippen LogP contribution in [-0.4, -0.2) is 13.7 Å². The Labute approximate surface area is 128 Å². The number of hydrogen-bond acceptors (Lipinski definition) is 2. The molecule has 2 heteroatoms. The molecule has 0 radical (unpaired) electrons. The largest absolute Gasteiger partial charge is 0.494 e. The van der Waals surface area contributed by atoms with Gasteiger partial charge in [-0.25, -0.2) is 0 Å². The molecule has 0 saturated heterocycles. The van der Waals surface area contributed by atoms with Crippen LogP contribution in [0.4, 0.5) is 0 Å². The summed E-state index contributed by atoms with van der Waals surface area (Å²) >= 11 is 0. The van der Waals surface area contributed by atoms with Gasteiger partial charge in [-0.05, 0) is 32.0 Å². The standard InChI is InChI=1S/C19H25NO/c1-4-16(15-11-7-6-8-12-15)19(20-3)17-13-9-10-14-18(17)21-5-2/h6-14,16,19-20H,4-5H2,1-3H3. The van der Waals surface area contributed by atoms with E-state index >= 15 is 0 Å². The van der Waals surface area contributed by atoms with Gasteiger partial charge in [0.15, 0.2) is 0 Å². The van der Waals surface area contributed by atoms with Crippen molar-refractivity contribution in [3.8, 4) is 5.75 Å². The van der Waals surface area contributed by atoms with Gasteiger partial charge in [-0.1, -0.05) is 55.5 Å². The van der Waals surface area contributed by atoms with Gasteiger partial charge in [0.25, 0.3) is 0 Å². The number of para-hydroxylation sites is 1. The number of rotatable bonds is 7. The van der Waals surface area contributed by atoms with Gasteiger partial charge in [0.05, 0.1) is 6.61 Å². The van der Waals surface area contributed by atoms with Gasteiger partial charge in [0.2, 0.25) is 0 Å². The van der Waals surface area contributed by atoms with Crippen LogP contribution in [-0.2, 0) is 0 Å². The van der Waals surface area contributed by atoms with Crippen molar-refractivity contribution in [2.24, 2.45) is 0 Å². The summed E-state index contributed by atoms with van der Waals surface area (Å²) in [6.07, 6.45) is 1.08. The summed E-state index contributed by atoms with van der Waals surface area (Å²) in [6, 6.07) is 19.3. The van der Waals surface area contributed by atoms with Gasteiger partial charge in [0.1, 0.15) is 5.75 Å². The van der Waals surface area contributed by atoms with E-state index in [4.69, 9.17) is 4.74 Å². The summed E-state index contributed by atoms with van der Waals surface area (Å²) < 4.78 is 5.81. The summed E-state index contributed by atoms with van der Waals surface area (Å²) in [5.41, 5.74) is 2.60. The van der Waals surface area contributed by atoms with Crippen LogP contribution < -0.4 is 10.1 Å². The van der Waals surface area contributed by atoms with Crippen LogP contribution >= 0.6 is 0 Å². The second-order valence-electron chi connectivity index (χ2n) is 5.16. The van der Waals surface area contributed by atoms with Gasteiger partial charge in [0, 0.05) is 17.5 Å². The number of ether oxygens (including phenoxy) is 1. The Kier molecular flexibility index (Phi) is 5.82. The van der Waals surface area contributed by atoms with Crippen molar-refractivity contribution in [3.05, 3.63) is 65.7 Å². The lowest BCUT2D eigenvalue weighted by atomic mass is 9.85. The molecule has 2 atom stereocenters. The molecule has 0 aliphatic rings. The molecule has 0 heterocycles. The Morgan fingerprint density at radius 1 is 0.952 bits per heavy atom. The molecule has 2 aromatic carbocycles. The van der Waals surface area contributed by atoms with E-state index in [-0.39, 0.29) is 6.04 Å². The summed E-state index contributed by atoms with van der Waals surface area (Å²) in [5.74, 6) is 1.41. The van der Waals surface area contributed by atoms with Crippen molar-refractivity contribution in [2.75, 3.05) is 13.7 Å². The highest BCUT2D eigenvalue weighted by atomic mass is 16.5. The molecule has 2 rings (SSSR count). The fourth-order valence-corrected chi connectivity index (χ4v) is 2.96. The molecule has 0 aromatic heterocycles. The van der Waals surface area contributed by atoms with E-state index in [1.165, 1.54) is 11.1 Å². The molecule has 0 bridgehead atoms. The highest BCUT2D eigenvalue weighted by molar-refractivity contribution is 5.38. The van der Waals surface area contributed by atoms with E-state index in [1.807, 2.05) is 20.0 Å². The van der Waals surface area contributed by atoms with Gasteiger partial charge in [-0.2, -0.15) is 0 Å². The zero-order chi connectivity index (χ0) is 15.1. The van der Waals surface area contributed by atoms with Crippen molar-refractivity contribution in [1.82, 2.24) is 5.32 Å². The molecule has 0 amide bonds. The zero-order valence-corrected chi connectivity index (χ0v) is 13.2. The minimum Gasteiger partial charge on any atom is -0.494 e. The minimum absolute atomic E-state index is 0.250. The molecule has 0 aliphatic heterocycles. The molecule has 0 saturated carbocycles. The topological polar surface area (TPSA) is 21.3 Å². The lowest BCUT2D eigenvalue weighted by molar-refractivity contribution is 0.328. The first-order chi connectivity index (χ1) is 10.3. The lowest BCUT2D eigenvalue weighted by Crippen LogP contribution is -2.24. The Morgan fingerprint density at radius 2 is 1.62 bits per heavy atom.